The molecule has 1 heterocycles. The van der Waals surface area contributed by atoms with Gasteiger partial charge in [0.25, 0.3) is 0 Å². The Balaban J connectivity index is 2.49. The molecule has 2 rings (SSSR count). The van der Waals surface area contributed by atoms with Crippen molar-refractivity contribution in [3.8, 4) is 10.4 Å². The van der Waals surface area contributed by atoms with Gasteiger partial charge in [-0.3, -0.25) is 0 Å². The highest BCUT2D eigenvalue weighted by Gasteiger charge is 2.02. The van der Waals surface area contributed by atoms with E-state index in [4.69, 9.17) is 0 Å². The van der Waals surface area contributed by atoms with Gasteiger partial charge in [0.2, 0.25) is 0 Å². The van der Waals surface area contributed by atoms with Crippen LogP contribution in [0.3, 0.4) is 0 Å². The zero-order chi connectivity index (χ0) is 9.26. The minimum Gasteiger partial charge on any atom is -0.206 e. The molecule has 0 atom stereocenters. The summed E-state index contributed by atoms with van der Waals surface area (Å²) in [5, 5.41) is 2.02. The average molecular weight is 304 g/mol. The van der Waals surface area contributed by atoms with E-state index >= 15 is 0 Å². The maximum absolute atomic E-state index is 12.9. The van der Waals surface area contributed by atoms with Crippen molar-refractivity contribution in [2.75, 3.05) is 0 Å². The predicted molar refractivity (Wildman–Crippen MR) is 62.4 cm³/mol. The van der Waals surface area contributed by atoms with E-state index in [0.29, 0.717) is 3.57 Å². The lowest BCUT2D eigenvalue weighted by molar-refractivity contribution is 0.620. The Hall–Kier alpha value is -0.420. The smallest absolute Gasteiger partial charge is 0.136 e. The van der Waals surface area contributed by atoms with E-state index in [1.807, 2.05) is 52.2 Å². The summed E-state index contributed by atoms with van der Waals surface area (Å²) >= 11 is 3.67. The number of hydrogen-bond donors (Lipinski definition) is 0. The van der Waals surface area contributed by atoms with Crippen molar-refractivity contribution >= 4 is 33.9 Å². The summed E-state index contributed by atoms with van der Waals surface area (Å²) in [6.45, 7) is 0. The molecule has 0 unspecified atom stereocenters. The first kappa shape index (κ1) is 9.15. The van der Waals surface area contributed by atoms with E-state index in [-0.39, 0.29) is 5.82 Å². The standard InChI is InChI=1S/C10H6FIS/c11-8-4-3-7(6-9(8)12)10-2-1-5-13-10/h1-6H. The Kier molecular flexibility index (Phi) is 2.64. The minimum atomic E-state index is -0.152. The van der Waals surface area contributed by atoms with Crippen LogP contribution in [0, 0.1) is 9.39 Å². The first-order chi connectivity index (χ1) is 6.27. The van der Waals surface area contributed by atoms with Gasteiger partial charge in [-0.2, -0.15) is 0 Å². The molecule has 0 saturated carbocycles. The van der Waals surface area contributed by atoms with Crippen molar-refractivity contribution in [2.24, 2.45) is 0 Å². The number of thiophene rings is 1. The molecule has 3 heteroatoms. The summed E-state index contributed by atoms with van der Waals surface area (Å²) in [4.78, 5) is 1.18. The third kappa shape index (κ3) is 1.91. The van der Waals surface area contributed by atoms with Crippen LogP contribution in [0.5, 0.6) is 0 Å². The first-order valence-corrected chi connectivity index (χ1v) is 5.72. The molecule has 0 radical (unpaired) electrons. The Labute approximate surface area is 93.6 Å². The highest BCUT2D eigenvalue weighted by Crippen LogP contribution is 2.26. The monoisotopic (exact) mass is 304 g/mol. The summed E-state index contributed by atoms with van der Waals surface area (Å²) in [7, 11) is 0. The molecule has 0 fully saturated rings. The van der Waals surface area contributed by atoms with Gasteiger partial charge in [-0.15, -0.1) is 11.3 Å². The van der Waals surface area contributed by atoms with Gasteiger partial charge in [-0.1, -0.05) is 12.1 Å². The lowest BCUT2D eigenvalue weighted by atomic mass is 10.2. The van der Waals surface area contributed by atoms with Gasteiger partial charge in [0.05, 0.1) is 0 Å². The van der Waals surface area contributed by atoms with Crippen LogP contribution >= 0.6 is 33.9 Å². The average Bonchev–Trinajstić information content (AvgIpc) is 2.62. The van der Waals surface area contributed by atoms with Crippen LogP contribution in [0.1, 0.15) is 0 Å². The Morgan fingerprint density at radius 3 is 2.69 bits per heavy atom. The van der Waals surface area contributed by atoms with E-state index in [9.17, 15) is 4.39 Å². The molecule has 0 nitrogen and oxygen atoms in total. The largest absolute Gasteiger partial charge is 0.206 e. The zero-order valence-corrected chi connectivity index (χ0v) is 9.60. The Morgan fingerprint density at radius 2 is 2.08 bits per heavy atom. The Morgan fingerprint density at radius 1 is 1.23 bits per heavy atom. The van der Waals surface area contributed by atoms with E-state index < -0.39 is 0 Å². The molecule has 0 saturated heterocycles. The number of benzene rings is 1. The second-order valence-electron chi connectivity index (χ2n) is 2.61. The molecule has 0 aliphatic heterocycles. The molecule has 0 N–H and O–H groups in total. The van der Waals surface area contributed by atoms with Crippen LogP contribution in [0.25, 0.3) is 10.4 Å². The van der Waals surface area contributed by atoms with Crippen LogP contribution in [0.15, 0.2) is 35.7 Å². The maximum Gasteiger partial charge on any atom is 0.136 e. The second-order valence-corrected chi connectivity index (χ2v) is 4.72. The lowest BCUT2D eigenvalue weighted by Crippen LogP contribution is -1.81. The quantitative estimate of drug-likeness (QED) is 0.694. The van der Waals surface area contributed by atoms with Crippen LogP contribution in [0.4, 0.5) is 4.39 Å². The number of rotatable bonds is 1. The summed E-state index contributed by atoms with van der Waals surface area (Å²) < 4.78 is 13.6. The molecule has 13 heavy (non-hydrogen) atoms. The van der Waals surface area contributed by atoms with E-state index in [0.717, 1.165) is 5.56 Å². The number of hydrogen-bond acceptors (Lipinski definition) is 1. The van der Waals surface area contributed by atoms with Gasteiger partial charge in [0.1, 0.15) is 5.82 Å². The van der Waals surface area contributed by atoms with E-state index in [1.54, 1.807) is 11.3 Å². The molecular weight excluding hydrogens is 298 g/mol. The van der Waals surface area contributed by atoms with Crippen molar-refractivity contribution < 1.29 is 4.39 Å². The fourth-order valence-corrected chi connectivity index (χ4v) is 2.33. The van der Waals surface area contributed by atoms with Crippen molar-refractivity contribution in [2.45, 2.75) is 0 Å². The summed E-state index contributed by atoms with van der Waals surface area (Å²) in [6, 6.07) is 9.21. The van der Waals surface area contributed by atoms with E-state index in [2.05, 4.69) is 0 Å². The third-order valence-corrected chi connectivity index (χ3v) is 3.47. The molecule has 66 valence electrons. The normalized spacial score (nSPS) is 10.3. The molecule has 2 aromatic rings. The molecule has 0 bridgehead atoms. The molecule has 1 aromatic carbocycles. The first-order valence-electron chi connectivity index (χ1n) is 3.76. The van der Waals surface area contributed by atoms with Gasteiger partial charge in [-0.05, 0) is 51.7 Å². The number of halogens is 2. The summed E-state index contributed by atoms with van der Waals surface area (Å²) in [5.74, 6) is -0.152. The van der Waals surface area contributed by atoms with Crippen molar-refractivity contribution in [1.82, 2.24) is 0 Å². The van der Waals surface area contributed by atoms with Gasteiger partial charge >= 0.3 is 0 Å². The molecular formula is C10H6FIS. The fraction of sp³-hybridized carbons (Fsp3) is 0. The lowest BCUT2D eigenvalue weighted by Gasteiger charge is -1.98. The predicted octanol–water partition coefficient (Wildman–Crippen LogP) is 4.16. The molecule has 1 aromatic heterocycles. The summed E-state index contributed by atoms with van der Waals surface area (Å²) in [5.41, 5.74) is 1.08. The molecule has 0 amide bonds. The van der Waals surface area contributed by atoms with Crippen LogP contribution in [-0.2, 0) is 0 Å². The zero-order valence-electron chi connectivity index (χ0n) is 6.63. The van der Waals surface area contributed by atoms with Crippen molar-refractivity contribution in [3.05, 3.63) is 45.1 Å². The SMILES string of the molecule is Fc1ccc(-c2cccs2)cc1I. The Bertz CT molecular complexity index is 409. The van der Waals surface area contributed by atoms with Gasteiger partial charge in [-0.25, -0.2) is 4.39 Å². The molecule has 0 aliphatic rings. The van der Waals surface area contributed by atoms with Crippen LogP contribution < -0.4 is 0 Å². The van der Waals surface area contributed by atoms with Crippen LogP contribution in [0.2, 0.25) is 0 Å². The van der Waals surface area contributed by atoms with Crippen LogP contribution in [-0.4, -0.2) is 0 Å². The van der Waals surface area contributed by atoms with E-state index in [1.165, 1.54) is 10.9 Å². The van der Waals surface area contributed by atoms with Gasteiger partial charge in [0, 0.05) is 8.45 Å². The van der Waals surface area contributed by atoms with Gasteiger partial charge < -0.3 is 0 Å². The fourth-order valence-electron chi connectivity index (χ4n) is 1.09. The van der Waals surface area contributed by atoms with Crippen molar-refractivity contribution in [3.63, 3.8) is 0 Å². The topological polar surface area (TPSA) is 0 Å². The highest BCUT2D eigenvalue weighted by molar-refractivity contribution is 14.1. The third-order valence-electron chi connectivity index (χ3n) is 1.73. The maximum atomic E-state index is 12.9. The van der Waals surface area contributed by atoms with Crippen molar-refractivity contribution in [1.29, 1.82) is 0 Å². The second kappa shape index (κ2) is 3.75. The molecule has 0 aliphatic carbocycles. The van der Waals surface area contributed by atoms with Gasteiger partial charge in [0.15, 0.2) is 0 Å². The minimum absolute atomic E-state index is 0.152. The summed E-state index contributed by atoms with van der Waals surface area (Å²) in [6.07, 6.45) is 0. The molecule has 0 spiro atoms. The highest BCUT2D eigenvalue weighted by atomic mass is 127.